The highest BCUT2D eigenvalue weighted by Crippen LogP contribution is 2.30. The third-order valence-corrected chi connectivity index (χ3v) is 2.44. The molecule has 1 N–H and O–H groups in total. The first-order chi connectivity index (χ1) is 7.27. The zero-order chi connectivity index (χ0) is 10.7. The van der Waals surface area contributed by atoms with Gasteiger partial charge in [0.1, 0.15) is 0 Å². The second-order valence-corrected chi connectivity index (χ2v) is 3.70. The Labute approximate surface area is 88.4 Å². The lowest BCUT2D eigenvalue weighted by atomic mass is 10.2. The summed E-state index contributed by atoms with van der Waals surface area (Å²) in [7, 11) is 0. The van der Waals surface area contributed by atoms with E-state index in [1.54, 1.807) is 24.5 Å². The van der Waals surface area contributed by atoms with Gasteiger partial charge in [-0.05, 0) is 37.8 Å². The number of carbonyl (C=O) groups excluding carboxylic acids is 1. The van der Waals surface area contributed by atoms with E-state index < -0.39 is 0 Å². The van der Waals surface area contributed by atoms with Gasteiger partial charge < -0.3 is 0 Å². The van der Waals surface area contributed by atoms with Crippen molar-refractivity contribution in [3.63, 3.8) is 0 Å². The van der Waals surface area contributed by atoms with Crippen LogP contribution in [0.3, 0.4) is 0 Å². The number of nitrogens with zero attached hydrogens (tertiary/aromatic N) is 2. The standard InChI is InChI=1S/C11H13N3O/c1-8(9-2-3-9)13-14-11(15)10-4-6-12-7-5-10/h4-7,9H,2-3H2,1H3,(H,14,15)/b13-8-. The third-order valence-electron chi connectivity index (χ3n) is 2.44. The summed E-state index contributed by atoms with van der Waals surface area (Å²) in [6, 6.07) is 3.33. The first-order valence-corrected chi connectivity index (χ1v) is 5.02. The Morgan fingerprint density at radius 2 is 2.13 bits per heavy atom. The van der Waals surface area contributed by atoms with Crippen molar-refractivity contribution < 1.29 is 4.79 Å². The molecule has 1 amide bonds. The first-order valence-electron chi connectivity index (χ1n) is 5.02. The topological polar surface area (TPSA) is 54.4 Å². The molecule has 1 aromatic heterocycles. The van der Waals surface area contributed by atoms with Crippen molar-refractivity contribution in [3.05, 3.63) is 30.1 Å². The normalized spacial score (nSPS) is 16.2. The van der Waals surface area contributed by atoms with E-state index in [-0.39, 0.29) is 5.91 Å². The molecular formula is C11H13N3O. The van der Waals surface area contributed by atoms with Crippen LogP contribution in [0.15, 0.2) is 29.6 Å². The maximum atomic E-state index is 11.5. The quantitative estimate of drug-likeness (QED) is 0.599. The molecule has 4 heteroatoms. The van der Waals surface area contributed by atoms with Gasteiger partial charge in [-0.2, -0.15) is 5.10 Å². The molecular weight excluding hydrogens is 190 g/mol. The second kappa shape index (κ2) is 4.21. The van der Waals surface area contributed by atoms with Crippen LogP contribution in [0.4, 0.5) is 0 Å². The second-order valence-electron chi connectivity index (χ2n) is 3.70. The minimum absolute atomic E-state index is 0.183. The lowest BCUT2D eigenvalue weighted by Gasteiger charge is -2.00. The molecule has 0 unspecified atom stereocenters. The molecule has 1 fully saturated rings. The molecule has 1 heterocycles. The molecule has 4 nitrogen and oxygen atoms in total. The summed E-state index contributed by atoms with van der Waals surface area (Å²) in [6.07, 6.45) is 5.57. The Morgan fingerprint density at radius 1 is 1.47 bits per heavy atom. The van der Waals surface area contributed by atoms with Crippen LogP contribution in [0, 0.1) is 5.92 Å². The zero-order valence-electron chi connectivity index (χ0n) is 8.60. The fraction of sp³-hybridized carbons (Fsp3) is 0.364. The van der Waals surface area contributed by atoms with Gasteiger partial charge in [-0.1, -0.05) is 0 Å². The predicted octanol–water partition coefficient (Wildman–Crippen LogP) is 1.60. The number of nitrogens with one attached hydrogen (secondary N) is 1. The lowest BCUT2D eigenvalue weighted by Crippen LogP contribution is -2.19. The molecule has 0 saturated heterocycles. The fourth-order valence-corrected chi connectivity index (χ4v) is 1.30. The molecule has 1 saturated carbocycles. The number of hydrogen-bond acceptors (Lipinski definition) is 3. The number of aromatic nitrogens is 1. The Hall–Kier alpha value is -1.71. The average Bonchev–Trinajstić information content (AvgIpc) is 3.10. The molecule has 2 rings (SSSR count). The van der Waals surface area contributed by atoms with E-state index in [1.165, 1.54) is 12.8 Å². The van der Waals surface area contributed by atoms with E-state index in [4.69, 9.17) is 0 Å². The van der Waals surface area contributed by atoms with E-state index in [0.29, 0.717) is 11.5 Å². The van der Waals surface area contributed by atoms with Gasteiger partial charge in [0.2, 0.25) is 0 Å². The summed E-state index contributed by atoms with van der Waals surface area (Å²) in [5, 5.41) is 4.06. The fourth-order valence-electron chi connectivity index (χ4n) is 1.30. The number of amides is 1. The van der Waals surface area contributed by atoms with Gasteiger partial charge in [-0.15, -0.1) is 0 Å². The molecule has 0 radical (unpaired) electrons. The summed E-state index contributed by atoms with van der Waals surface area (Å²) in [5.41, 5.74) is 4.13. The number of pyridine rings is 1. The van der Waals surface area contributed by atoms with E-state index >= 15 is 0 Å². The predicted molar refractivity (Wildman–Crippen MR) is 57.5 cm³/mol. The van der Waals surface area contributed by atoms with Crippen LogP contribution in [-0.4, -0.2) is 16.6 Å². The number of hydrogen-bond donors (Lipinski definition) is 1. The van der Waals surface area contributed by atoms with Crippen molar-refractivity contribution in [1.82, 2.24) is 10.4 Å². The van der Waals surface area contributed by atoms with Crippen molar-refractivity contribution >= 4 is 11.6 Å². The molecule has 78 valence electrons. The minimum Gasteiger partial charge on any atom is -0.267 e. The Bertz CT molecular complexity index is 382. The largest absolute Gasteiger partial charge is 0.271 e. The van der Waals surface area contributed by atoms with Crippen molar-refractivity contribution in [3.8, 4) is 0 Å². The molecule has 0 spiro atoms. The molecule has 1 aliphatic carbocycles. The number of rotatable bonds is 3. The van der Waals surface area contributed by atoms with Gasteiger partial charge in [-0.25, -0.2) is 5.43 Å². The monoisotopic (exact) mass is 203 g/mol. The van der Waals surface area contributed by atoms with E-state index in [1.807, 2.05) is 6.92 Å². The Balaban J connectivity index is 1.95. The highest BCUT2D eigenvalue weighted by atomic mass is 16.2. The molecule has 0 aromatic carbocycles. The van der Waals surface area contributed by atoms with Crippen LogP contribution in [-0.2, 0) is 0 Å². The van der Waals surface area contributed by atoms with Crippen LogP contribution in [0.1, 0.15) is 30.1 Å². The van der Waals surface area contributed by atoms with Gasteiger partial charge >= 0.3 is 0 Å². The van der Waals surface area contributed by atoms with Gasteiger partial charge in [0.05, 0.1) is 0 Å². The number of hydrazone groups is 1. The maximum absolute atomic E-state index is 11.5. The van der Waals surface area contributed by atoms with Gasteiger partial charge in [-0.3, -0.25) is 9.78 Å². The van der Waals surface area contributed by atoms with Crippen molar-refractivity contribution in [2.75, 3.05) is 0 Å². The SMILES string of the molecule is C/C(=N/NC(=O)c1ccncc1)C1CC1. The Kier molecular flexibility index (Phi) is 2.76. The van der Waals surface area contributed by atoms with Crippen LogP contribution < -0.4 is 5.43 Å². The summed E-state index contributed by atoms with van der Waals surface area (Å²) < 4.78 is 0. The van der Waals surface area contributed by atoms with Gasteiger partial charge in [0, 0.05) is 23.7 Å². The Morgan fingerprint density at radius 3 is 2.73 bits per heavy atom. The van der Waals surface area contributed by atoms with Crippen LogP contribution in [0.2, 0.25) is 0 Å². The molecule has 1 aliphatic rings. The zero-order valence-corrected chi connectivity index (χ0v) is 8.60. The summed E-state index contributed by atoms with van der Waals surface area (Å²) >= 11 is 0. The summed E-state index contributed by atoms with van der Waals surface area (Å²) in [5.74, 6) is 0.403. The number of carbonyl (C=O) groups is 1. The molecule has 0 atom stereocenters. The summed E-state index contributed by atoms with van der Waals surface area (Å²) in [4.78, 5) is 15.4. The average molecular weight is 203 g/mol. The first kappa shape index (κ1) is 9.83. The van der Waals surface area contributed by atoms with E-state index in [2.05, 4.69) is 15.5 Å². The van der Waals surface area contributed by atoms with Crippen LogP contribution in [0.5, 0.6) is 0 Å². The van der Waals surface area contributed by atoms with E-state index in [9.17, 15) is 4.79 Å². The maximum Gasteiger partial charge on any atom is 0.271 e. The molecule has 1 aromatic rings. The van der Waals surface area contributed by atoms with Gasteiger partial charge in [0.15, 0.2) is 0 Å². The highest BCUT2D eigenvalue weighted by Gasteiger charge is 2.24. The smallest absolute Gasteiger partial charge is 0.267 e. The van der Waals surface area contributed by atoms with Crippen molar-refractivity contribution in [2.45, 2.75) is 19.8 Å². The van der Waals surface area contributed by atoms with Crippen LogP contribution in [0.25, 0.3) is 0 Å². The van der Waals surface area contributed by atoms with Crippen molar-refractivity contribution in [2.24, 2.45) is 11.0 Å². The third kappa shape index (κ3) is 2.62. The lowest BCUT2D eigenvalue weighted by molar-refractivity contribution is 0.0954. The van der Waals surface area contributed by atoms with Crippen LogP contribution >= 0.6 is 0 Å². The van der Waals surface area contributed by atoms with Crippen molar-refractivity contribution in [1.29, 1.82) is 0 Å². The molecule has 0 bridgehead atoms. The summed E-state index contributed by atoms with van der Waals surface area (Å²) in [6.45, 7) is 1.95. The minimum atomic E-state index is -0.183. The van der Waals surface area contributed by atoms with E-state index in [0.717, 1.165) is 5.71 Å². The van der Waals surface area contributed by atoms with Gasteiger partial charge in [0.25, 0.3) is 5.91 Å². The molecule has 0 aliphatic heterocycles. The highest BCUT2D eigenvalue weighted by molar-refractivity contribution is 5.95. The molecule has 15 heavy (non-hydrogen) atoms.